The summed E-state index contributed by atoms with van der Waals surface area (Å²) in [6.07, 6.45) is 0.439. The van der Waals surface area contributed by atoms with Crippen molar-refractivity contribution in [2.75, 3.05) is 27.7 Å². The maximum absolute atomic E-state index is 13.1. The summed E-state index contributed by atoms with van der Waals surface area (Å²) in [5.41, 5.74) is 0.732. The van der Waals surface area contributed by atoms with E-state index in [0.29, 0.717) is 13.0 Å². The van der Waals surface area contributed by atoms with Crippen molar-refractivity contribution in [1.29, 1.82) is 0 Å². The number of rotatable bonds is 3. The van der Waals surface area contributed by atoms with E-state index in [-0.39, 0.29) is 23.8 Å². The second-order valence-corrected chi connectivity index (χ2v) is 7.10. The number of aliphatic hydroxyl groups excluding tert-OH is 1. The molecule has 2 heterocycles. The Morgan fingerprint density at radius 2 is 1.85 bits per heavy atom. The molecule has 1 N–H and O–H groups in total. The van der Waals surface area contributed by atoms with Gasteiger partial charge >= 0.3 is 0 Å². The smallest absolute Gasteiger partial charge is 0.289 e. The fourth-order valence-electron chi connectivity index (χ4n) is 3.70. The minimum atomic E-state index is -0.824. The van der Waals surface area contributed by atoms with E-state index < -0.39 is 29.5 Å². The van der Waals surface area contributed by atoms with Crippen LogP contribution in [-0.4, -0.2) is 71.3 Å². The molecule has 144 valence electrons. The molecule has 2 aliphatic heterocycles. The predicted octanol–water partition coefficient (Wildman–Crippen LogP) is 0.915. The number of carbonyl (C=O) groups is 3. The zero-order valence-corrected chi connectivity index (χ0v) is 15.5. The Kier molecular flexibility index (Phi) is 4.91. The van der Waals surface area contributed by atoms with Gasteiger partial charge in [-0.3, -0.25) is 14.4 Å². The van der Waals surface area contributed by atoms with E-state index in [1.54, 1.807) is 26.2 Å². The Hall–Kier alpha value is -2.90. The van der Waals surface area contributed by atoms with Crippen LogP contribution in [0.15, 0.2) is 35.6 Å². The lowest BCUT2D eigenvalue weighted by atomic mass is 9.79. The largest absolute Gasteiger partial charge is 0.503 e. The van der Waals surface area contributed by atoms with Crippen molar-refractivity contribution in [3.05, 3.63) is 47.0 Å². The predicted molar refractivity (Wildman–Crippen MR) is 94.8 cm³/mol. The third-order valence-corrected chi connectivity index (χ3v) is 5.16. The van der Waals surface area contributed by atoms with Gasteiger partial charge in [-0.15, -0.1) is 0 Å². The zero-order valence-electron chi connectivity index (χ0n) is 15.5. The molecule has 27 heavy (non-hydrogen) atoms. The summed E-state index contributed by atoms with van der Waals surface area (Å²) < 4.78 is 13.1. The number of fused-ring (bicyclic) bond motifs is 1. The van der Waals surface area contributed by atoms with E-state index in [4.69, 9.17) is 0 Å². The van der Waals surface area contributed by atoms with Crippen LogP contribution in [0.25, 0.3) is 0 Å². The Balaban J connectivity index is 1.91. The van der Waals surface area contributed by atoms with Gasteiger partial charge in [-0.1, -0.05) is 12.1 Å². The molecule has 0 bridgehead atoms. The summed E-state index contributed by atoms with van der Waals surface area (Å²) in [6.45, 7) is 0.607. The normalized spacial score (nSPS) is 22.8. The molecule has 1 aromatic rings. The number of aliphatic hydroxyl groups is 1. The van der Waals surface area contributed by atoms with E-state index in [0.717, 1.165) is 5.56 Å². The van der Waals surface area contributed by atoms with Crippen molar-refractivity contribution in [3.8, 4) is 0 Å². The molecule has 2 aliphatic rings. The lowest BCUT2D eigenvalue weighted by molar-refractivity contribution is -0.148. The quantitative estimate of drug-likeness (QED) is 0.852. The maximum Gasteiger partial charge on any atom is 0.289 e. The molecular weight excluding hydrogens is 353 g/mol. The van der Waals surface area contributed by atoms with E-state index in [1.165, 1.54) is 33.9 Å². The van der Waals surface area contributed by atoms with Gasteiger partial charge in [0.1, 0.15) is 11.9 Å². The lowest BCUT2D eigenvalue weighted by Crippen LogP contribution is -2.59. The first-order chi connectivity index (χ1) is 12.7. The number of piperidine rings is 1. The number of benzene rings is 1. The van der Waals surface area contributed by atoms with E-state index in [1.807, 2.05) is 0 Å². The number of amides is 3. The van der Waals surface area contributed by atoms with Crippen LogP contribution in [0.5, 0.6) is 0 Å². The van der Waals surface area contributed by atoms with E-state index in [2.05, 4.69) is 0 Å². The average molecular weight is 375 g/mol. The van der Waals surface area contributed by atoms with Crippen LogP contribution < -0.4 is 0 Å². The first-order valence-electron chi connectivity index (χ1n) is 8.67. The SMILES string of the molecule is CN(C)C(=O)C1C2CCN(Cc3ccc(F)cc3)C(=O)C2=C(O)C(=O)N1C. The Morgan fingerprint density at radius 1 is 1.22 bits per heavy atom. The van der Waals surface area contributed by atoms with E-state index >= 15 is 0 Å². The molecule has 1 aromatic carbocycles. The molecule has 8 heteroatoms. The van der Waals surface area contributed by atoms with Gasteiger partial charge in [-0.25, -0.2) is 4.39 Å². The molecule has 3 rings (SSSR count). The average Bonchev–Trinajstić information content (AvgIpc) is 2.63. The molecule has 0 aliphatic carbocycles. The summed E-state index contributed by atoms with van der Waals surface area (Å²) in [5, 5.41) is 10.3. The number of hydrogen-bond donors (Lipinski definition) is 1. The highest BCUT2D eigenvalue weighted by Crippen LogP contribution is 2.36. The van der Waals surface area contributed by atoms with Crippen molar-refractivity contribution in [3.63, 3.8) is 0 Å². The highest BCUT2D eigenvalue weighted by molar-refractivity contribution is 6.07. The summed E-state index contributed by atoms with van der Waals surface area (Å²) >= 11 is 0. The number of likely N-dealkylation sites (N-methyl/N-ethyl adjacent to an activating group) is 2. The zero-order chi connectivity index (χ0) is 19.9. The van der Waals surface area contributed by atoms with Crippen LogP contribution in [0, 0.1) is 11.7 Å². The van der Waals surface area contributed by atoms with Crippen molar-refractivity contribution in [1.82, 2.24) is 14.7 Å². The summed E-state index contributed by atoms with van der Waals surface area (Å²) in [7, 11) is 4.63. The molecule has 2 unspecified atom stereocenters. The van der Waals surface area contributed by atoms with Crippen molar-refractivity contribution < 1.29 is 23.9 Å². The third-order valence-electron chi connectivity index (χ3n) is 5.16. The second-order valence-electron chi connectivity index (χ2n) is 7.10. The van der Waals surface area contributed by atoms with Gasteiger partial charge in [0.2, 0.25) is 5.91 Å². The molecule has 7 nitrogen and oxygen atoms in total. The maximum atomic E-state index is 13.1. The van der Waals surface area contributed by atoms with Crippen LogP contribution in [-0.2, 0) is 20.9 Å². The molecule has 3 amide bonds. The van der Waals surface area contributed by atoms with Crippen LogP contribution >= 0.6 is 0 Å². The number of nitrogens with zero attached hydrogens (tertiary/aromatic N) is 3. The second kappa shape index (κ2) is 7.02. The summed E-state index contributed by atoms with van der Waals surface area (Å²) in [6, 6.07) is 4.97. The van der Waals surface area contributed by atoms with E-state index in [9.17, 15) is 23.9 Å². The molecule has 2 atom stereocenters. The van der Waals surface area contributed by atoms with Crippen molar-refractivity contribution in [2.45, 2.75) is 19.0 Å². The Labute approximate surface area is 156 Å². The lowest BCUT2D eigenvalue weighted by Gasteiger charge is -2.44. The number of likely N-dealkylation sites (tertiary alicyclic amines) is 1. The summed E-state index contributed by atoms with van der Waals surface area (Å²) in [4.78, 5) is 42.1. The van der Waals surface area contributed by atoms with Crippen molar-refractivity contribution >= 4 is 17.7 Å². The molecule has 0 spiro atoms. The third kappa shape index (κ3) is 3.27. The number of halogens is 1. The van der Waals surface area contributed by atoms with Gasteiger partial charge < -0.3 is 19.8 Å². The first kappa shape index (κ1) is 18.9. The number of hydrogen-bond acceptors (Lipinski definition) is 4. The fourth-order valence-corrected chi connectivity index (χ4v) is 3.70. The molecule has 1 fully saturated rings. The molecule has 0 radical (unpaired) electrons. The molecule has 0 saturated carbocycles. The fraction of sp³-hybridized carbons (Fsp3) is 0.421. The van der Waals surface area contributed by atoms with Gasteiger partial charge in [-0.2, -0.15) is 0 Å². The van der Waals surface area contributed by atoms with Gasteiger partial charge in [0.15, 0.2) is 5.76 Å². The first-order valence-corrected chi connectivity index (χ1v) is 8.67. The van der Waals surface area contributed by atoms with Gasteiger partial charge in [0, 0.05) is 40.2 Å². The number of carbonyl (C=O) groups excluding carboxylic acids is 3. The standard InChI is InChI=1S/C19H22FN3O4/c1-21(2)18(26)15-13-8-9-23(10-11-4-6-12(20)7-5-11)17(25)14(13)16(24)19(27)22(15)3/h4-7,13,15,24H,8-10H2,1-3H3. The highest BCUT2D eigenvalue weighted by atomic mass is 19.1. The van der Waals surface area contributed by atoms with Gasteiger partial charge in [0.05, 0.1) is 5.57 Å². The van der Waals surface area contributed by atoms with Crippen LogP contribution in [0.1, 0.15) is 12.0 Å². The van der Waals surface area contributed by atoms with Crippen LogP contribution in [0.3, 0.4) is 0 Å². The summed E-state index contributed by atoms with van der Waals surface area (Å²) in [5.74, 6) is -3.01. The Morgan fingerprint density at radius 3 is 2.44 bits per heavy atom. The monoisotopic (exact) mass is 375 g/mol. The van der Waals surface area contributed by atoms with Crippen LogP contribution in [0.4, 0.5) is 4.39 Å². The molecule has 1 saturated heterocycles. The topological polar surface area (TPSA) is 81.2 Å². The minimum absolute atomic E-state index is 0.00772. The van der Waals surface area contributed by atoms with Gasteiger partial charge in [-0.05, 0) is 24.1 Å². The molecular formula is C19H22FN3O4. The van der Waals surface area contributed by atoms with Crippen molar-refractivity contribution in [2.24, 2.45) is 5.92 Å². The molecule has 0 aromatic heterocycles. The minimum Gasteiger partial charge on any atom is -0.503 e. The van der Waals surface area contributed by atoms with Crippen LogP contribution in [0.2, 0.25) is 0 Å². The highest BCUT2D eigenvalue weighted by Gasteiger charge is 2.49. The van der Waals surface area contributed by atoms with Gasteiger partial charge in [0.25, 0.3) is 11.8 Å². The Bertz CT molecular complexity index is 819.